The number of carbonyl (C=O) groups is 1. The Hall–Kier alpha value is -2.71. The first-order valence-electron chi connectivity index (χ1n) is 9.34. The molecule has 1 atom stereocenters. The molecule has 1 N–H and O–H groups in total. The van der Waals surface area contributed by atoms with E-state index in [9.17, 15) is 4.79 Å². The lowest BCUT2D eigenvalue weighted by atomic mass is 10.2. The van der Waals surface area contributed by atoms with E-state index < -0.39 is 0 Å². The van der Waals surface area contributed by atoms with Crippen molar-refractivity contribution in [3.05, 3.63) is 55.0 Å². The Bertz CT molecular complexity index is 1140. The fourth-order valence-corrected chi connectivity index (χ4v) is 4.91. The van der Waals surface area contributed by atoms with E-state index in [1.807, 2.05) is 45.0 Å². The summed E-state index contributed by atoms with van der Waals surface area (Å²) in [5.74, 6) is 0.620. The highest BCUT2D eigenvalue weighted by molar-refractivity contribution is 8.00. The van der Waals surface area contributed by atoms with Crippen molar-refractivity contribution in [1.82, 2.24) is 19.7 Å². The topological polar surface area (TPSA) is 72.7 Å². The minimum Gasteiger partial charge on any atom is -0.310 e. The molecule has 0 fully saturated rings. The number of thiophene rings is 1. The maximum Gasteiger partial charge on any atom is 0.238 e. The number of anilines is 1. The van der Waals surface area contributed by atoms with Crippen LogP contribution in [0.4, 0.5) is 5.82 Å². The van der Waals surface area contributed by atoms with Crippen molar-refractivity contribution in [2.24, 2.45) is 0 Å². The zero-order chi connectivity index (χ0) is 20.4. The second kappa shape index (κ2) is 8.34. The van der Waals surface area contributed by atoms with Gasteiger partial charge >= 0.3 is 0 Å². The van der Waals surface area contributed by atoms with Crippen LogP contribution < -0.4 is 5.32 Å². The van der Waals surface area contributed by atoms with Gasteiger partial charge in [-0.1, -0.05) is 42.1 Å². The molecule has 4 rings (SSSR count). The Morgan fingerprint density at radius 3 is 2.69 bits per heavy atom. The minimum atomic E-state index is -0.316. The summed E-state index contributed by atoms with van der Waals surface area (Å²) in [6.45, 7) is 5.94. The lowest BCUT2D eigenvalue weighted by Crippen LogP contribution is -2.24. The van der Waals surface area contributed by atoms with Crippen LogP contribution in [0.15, 0.2) is 60.0 Å². The number of hydrogen-bond donors (Lipinski definition) is 1. The second-order valence-corrected chi connectivity index (χ2v) is 9.24. The molecule has 3 aromatic heterocycles. The van der Waals surface area contributed by atoms with E-state index >= 15 is 0 Å². The van der Waals surface area contributed by atoms with Gasteiger partial charge in [-0.25, -0.2) is 14.6 Å². The van der Waals surface area contributed by atoms with Crippen molar-refractivity contribution in [3.8, 4) is 10.4 Å². The molecule has 0 aliphatic rings. The van der Waals surface area contributed by atoms with Gasteiger partial charge < -0.3 is 5.32 Å². The predicted octanol–water partition coefficient (Wildman–Crippen LogP) is 5.26. The number of nitrogens with zero attached hydrogens (tertiary/aromatic N) is 4. The van der Waals surface area contributed by atoms with Gasteiger partial charge in [-0.3, -0.25) is 4.79 Å². The molecule has 0 saturated carbocycles. The fraction of sp³-hybridized carbons (Fsp3) is 0.238. The molecule has 1 unspecified atom stereocenters. The average Bonchev–Trinajstić information content (AvgIpc) is 3.36. The summed E-state index contributed by atoms with van der Waals surface area (Å²) in [6, 6.07) is 14.3. The van der Waals surface area contributed by atoms with Crippen LogP contribution in [0.5, 0.6) is 0 Å². The van der Waals surface area contributed by atoms with Crippen LogP contribution in [0.3, 0.4) is 0 Å². The molecule has 1 amide bonds. The van der Waals surface area contributed by atoms with Crippen molar-refractivity contribution >= 4 is 45.0 Å². The standard InChI is InChI=1S/C21H21N5OS2/c1-13(2)26-18(9-10-24-26)25-19(27)14(3)28-20-16-11-17(15-7-5-4-6-8-15)29-21(16)23-12-22-20/h4-14H,1-3H3,(H,25,27). The first kappa shape index (κ1) is 19.6. The average molecular weight is 424 g/mol. The summed E-state index contributed by atoms with van der Waals surface area (Å²) >= 11 is 3.07. The molecule has 8 heteroatoms. The van der Waals surface area contributed by atoms with E-state index in [4.69, 9.17) is 0 Å². The Labute approximate surface area is 177 Å². The van der Waals surface area contributed by atoms with Crippen LogP contribution >= 0.6 is 23.1 Å². The van der Waals surface area contributed by atoms with Crippen LogP contribution in [0.25, 0.3) is 20.7 Å². The number of aromatic nitrogens is 4. The Kier molecular flexibility index (Phi) is 5.64. The molecule has 29 heavy (non-hydrogen) atoms. The molecule has 0 aliphatic carbocycles. The number of amides is 1. The monoisotopic (exact) mass is 423 g/mol. The first-order valence-corrected chi connectivity index (χ1v) is 11.0. The van der Waals surface area contributed by atoms with E-state index in [0.717, 1.165) is 25.7 Å². The molecule has 4 aromatic rings. The maximum absolute atomic E-state index is 12.7. The highest BCUT2D eigenvalue weighted by Crippen LogP contribution is 2.37. The maximum atomic E-state index is 12.7. The third-order valence-electron chi connectivity index (χ3n) is 4.42. The van der Waals surface area contributed by atoms with Crippen molar-refractivity contribution in [3.63, 3.8) is 0 Å². The van der Waals surface area contributed by atoms with Crippen LogP contribution in [0, 0.1) is 0 Å². The van der Waals surface area contributed by atoms with Crippen LogP contribution in [-0.4, -0.2) is 30.9 Å². The van der Waals surface area contributed by atoms with Gasteiger partial charge in [-0.15, -0.1) is 11.3 Å². The lowest BCUT2D eigenvalue weighted by molar-refractivity contribution is -0.115. The Morgan fingerprint density at radius 2 is 1.93 bits per heavy atom. The first-order chi connectivity index (χ1) is 14.0. The highest BCUT2D eigenvalue weighted by Gasteiger charge is 2.20. The molecule has 0 radical (unpaired) electrons. The smallest absolute Gasteiger partial charge is 0.238 e. The number of rotatable bonds is 6. The number of nitrogens with one attached hydrogen (secondary N) is 1. The van der Waals surface area contributed by atoms with Gasteiger partial charge in [0, 0.05) is 22.4 Å². The van der Waals surface area contributed by atoms with Gasteiger partial charge in [-0.2, -0.15) is 5.10 Å². The molecule has 0 saturated heterocycles. The van der Waals surface area contributed by atoms with Crippen molar-refractivity contribution < 1.29 is 4.79 Å². The van der Waals surface area contributed by atoms with Crippen LogP contribution in [0.1, 0.15) is 26.8 Å². The minimum absolute atomic E-state index is 0.0809. The molecular formula is C21H21N5OS2. The van der Waals surface area contributed by atoms with Gasteiger partial charge in [0.2, 0.25) is 5.91 Å². The Morgan fingerprint density at radius 1 is 1.14 bits per heavy atom. The summed E-state index contributed by atoms with van der Waals surface area (Å²) in [7, 11) is 0. The number of hydrogen-bond acceptors (Lipinski definition) is 6. The van der Waals surface area contributed by atoms with Gasteiger partial charge in [-0.05, 0) is 32.4 Å². The fourth-order valence-electron chi connectivity index (χ4n) is 2.95. The zero-order valence-corrected chi connectivity index (χ0v) is 18.0. The van der Waals surface area contributed by atoms with Crippen LogP contribution in [0.2, 0.25) is 0 Å². The quantitative estimate of drug-likeness (QED) is 0.338. The summed E-state index contributed by atoms with van der Waals surface area (Å²) in [5, 5.41) is 8.71. The molecule has 0 bridgehead atoms. The summed E-state index contributed by atoms with van der Waals surface area (Å²) in [4.78, 5) is 23.7. The third kappa shape index (κ3) is 4.18. The summed E-state index contributed by atoms with van der Waals surface area (Å²) < 4.78 is 1.79. The molecule has 0 aliphatic heterocycles. The molecule has 6 nitrogen and oxygen atoms in total. The number of benzene rings is 1. The van der Waals surface area contributed by atoms with E-state index in [-0.39, 0.29) is 17.2 Å². The van der Waals surface area contributed by atoms with Gasteiger partial charge in [0.05, 0.1) is 11.4 Å². The van der Waals surface area contributed by atoms with E-state index in [0.29, 0.717) is 5.82 Å². The SMILES string of the molecule is CC(Sc1ncnc2sc(-c3ccccc3)cc12)C(=O)Nc1ccnn1C(C)C. The largest absolute Gasteiger partial charge is 0.310 e. The molecule has 148 valence electrons. The van der Waals surface area contributed by atoms with Crippen molar-refractivity contribution in [2.75, 3.05) is 5.32 Å². The molecule has 3 heterocycles. The lowest BCUT2D eigenvalue weighted by Gasteiger charge is -2.14. The predicted molar refractivity (Wildman–Crippen MR) is 119 cm³/mol. The van der Waals surface area contributed by atoms with Crippen molar-refractivity contribution in [1.29, 1.82) is 0 Å². The number of carbonyl (C=O) groups excluding carboxylic acids is 1. The van der Waals surface area contributed by atoms with Crippen molar-refractivity contribution in [2.45, 2.75) is 37.1 Å². The zero-order valence-electron chi connectivity index (χ0n) is 16.4. The normalized spacial score (nSPS) is 12.4. The van der Waals surface area contributed by atoms with E-state index in [1.54, 1.807) is 28.5 Å². The summed E-state index contributed by atoms with van der Waals surface area (Å²) in [5.41, 5.74) is 1.15. The molecule has 1 aromatic carbocycles. The number of thioether (sulfide) groups is 1. The highest BCUT2D eigenvalue weighted by atomic mass is 32.2. The van der Waals surface area contributed by atoms with E-state index in [1.165, 1.54) is 11.8 Å². The number of fused-ring (bicyclic) bond motifs is 1. The summed E-state index contributed by atoms with van der Waals surface area (Å²) in [6.07, 6.45) is 3.26. The van der Waals surface area contributed by atoms with Gasteiger partial charge in [0.25, 0.3) is 0 Å². The molecule has 0 spiro atoms. The second-order valence-electron chi connectivity index (χ2n) is 6.88. The molecular weight excluding hydrogens is 402 g/mol. The van der Waals surface area contributed by atoms with E-state index in [2.05, 4.69) is 38.6 Å². The van der Waals surface area contributed by atoms with Crippen LogP contribution in [-0.2, 0) is 4.79 Å². The Balaban J connectivity index is 1.55. The van der Waals surface area contributed by atoms with Gasteiger partial charge in [0.1, 0.15) is 22.0 Å². The van der Waals surface area contributed by atoms with Gasteiger partial charge in [0.15, 0.2) is 0 Å². The third-order valence-corrected chi connectivity index (χ3v) is 6.63.